The van der Waals surface area contributed by atoms with Crippen LogP contribution in [-0.2, 0) is 12.8 Å². The summed E-state index contributed by atoms with van der Waals surface area (Å²) in [5, 5.41) is 0. The van der Waals surface area contributed by atoms with Gasteiger partial charge in [-0.3, -0.25) is 4.90 Å². The zero-order valence-electron chi connectivity index (χ0n) is 14.5. The van der Waals surface area contributed by atoms with Crippen molar-refractivity contribution in [2.75, 3.05) is 13.6 Å². The molecule has 4 rings (SSSR count). The van der Waals surface area contributed by atoms with Crippen LogP contribution in [0.3, 0.4) is 0 Å². The van der Waals surface area contributed by atoms with E-state index in [-0.39, 0.29) is 5.60 Å². The van der Waals surface area contributed by atoms with E-state index in [0.29, 0.717) is 6.04 Å². The summed E-state index contributed by atoms with van der Waals surface area (Å²) >= 11 is 0. The molecule has 2 heteroatoms. The Morgan fingerprint density at radius 1 is 1.04 bits per heavy atom. The highest BCUT2D eigenvalue weighted by molar-refractivity contribution is 5.80. The summed E-state index contributed by atoms with van der Waals surface area (Å²) in [7, 11) is 2.25. The highest BCUT2D eigenvalue weighted by Gasteiger charge is 2.34. The zero-order chi connectivity index (χ0) is 16.2. The van der Waals surface area contributed by atoms with Crippen molar-refractivity contribution < 1.29 is 4.74 Å². The first kappa shape index (κ1) is 14.8. The Balaban J connectivity index is 1.93. The summed E-state index contributed by atoms with van der Waals surface area (Å²) < 4.78 is 6.30. The monoisotopic (exact) mass is 307 g/mol. The van der Waals surface area contributed by atoms with Crippen LogP contribution in [0.15, 0.2) is 36.4 Å². The minimum Gasteiger partial charge on any atom is -0.488 e. The Morgan fingerprint density at radius 2 is 1.78 bits per heavy atom. The SMILES string of the molecule is CN1CCc2cccc3c2[C@H]1Cc1cccc(OC(C)(C)C)c1-3. The maximum Gasteiger partial charge on any atom is 0.128 e. The first-order valence-corrected chi connectivity index (χ1v) is 8.57. The lowest BCUT2D eigenvalue weighted by molar-refractivity contribution is 0.131. The number of likely N-dealkylation sites (N-methyl/N-ethyl adjacent to an activating group) is 1. The molecule has 0 N–H and O–H groups in total. The number of nitrogens with zero attached hydrogens (tertiary/aromatic N) is 1. The van der Waals surface area contributed by atoms with E-state index in [9.17, 15) is 0 Å². The Bertz CT molecular complexity index is 757. The Morgan fingerprint density at radius 3 is 2.57 bits per heavy atom. The summed E-state index contributed by atoms with van der Waals surface area (Å²) in [6.07, 6.45) is 2.23. The minimum atomic E-state index is -0.183. The lowest BCUT2D eigenvalue weighted by Crippen LogP contribution is -2.35. The van der Waals surface area contributed by atoms with Gasteiger partial charge in [0.2, 0.25) is 0 Å². The van der Waals surface area contributed by atoms with Crippen LogP contribution in [0.2, 0.25) is 0 Å². The van der Waals surface area contributed by atoms with Crippen molar-refractivity contribution in [3.05, 3.63) is 53.1 Å². The average molecular weight is 307 g/mol. The molecular weight excluding hydrogens is 282 g/mol. The fourth-order valence-corrected chi connectivity index (χ4v) is 4.05. The van der Waals surface area contributed by atoms with Gasteiger partial charge in [0.1, 0.15) is 11.4 Å². The van der Waals surface area contributed by atoms with Gasteiger partial charge in [0.25, 0.3) is 0 Å². The van der Waals surface area contributed by atoms with E-state index in [1.807, 2.05) is 0 Å². The molecule has 0 bridgehead atoms. The average Bonchev–Trinajstić information content (AvgIpc) is 2.49. The molecule has 0 amide bonds. The van der Waals surface area contributed by atoms with E-state index in [2.05, 4.69) is 69.1 Å². The van der Waals surface area contributed by atoms with Gasteiger partial charge in [0.15, 0.2) is 0 Å². The van der Waals surface area contributed by atoms with Crippen LogP contribution in [0.25, 0.3) is 11.1 Å². The quantitative estimate of drug-likeness (QED) is 0.762. The third-order valence-corrected chi connectivity index (χ3v) is 5.01. The minimum absolute atomic E-state index is 0.183. The first-order chi connectivity index (χ1) is 10.9. The smallest absolute Gasteiger partial charge is 0.128 e. The van der Waals surface area contributed by atoms with E-state index < -0.39 is 0 Å². The fraction of sp³-hybridized carbons (Fsp3) is 0.429. The summed E-state index contributed by atoms with van der Waals surface area (Å²) in [5.74, 6) is 1.02. The number of fused-ring (bicyclic) bond motifs is 2. The molecule has 120 valence electrons. The van der Waals surface area contributed by atoms with Gasteiger partial charge in [-0.05, 0) is 69.0 Å². The van der Waals surface area contributed by atoms with E-state index in [1.165, 1.54) is 27.8 Å². The van der Waals surface area contributed by atoms with E-state index >= 15 is 0 Å². The van der Waals surface area contributed by atoms with Crippen LogP contribution in [0.1, 0.15) is 43.5 Å². The molecule has 2 nitrogen and oxygen atoms in total. The van der Waals surface area contributed by atoms with Crippen molar-refractivity contribution in [1.29, 1.82) is 0 Å². The molecule has 0 fully saturated rings. The topological polar surface area (TPSA) is 12.5 Å². The molecule has 0 spiro atoms. The normalized spacial score (nSPS) is 19.9. The fourth-order valence-electron chi connectivity index (χ4n) is 4.05. The van der Waals surface area contributed by atoms with Gasteiger partial charge in [0, 0.05) is 18.2 Å². The highest BCUT2D eigenvalue weighted by Crippen LogP contribution is 2.48. The highest BCUT2D eigenvalue weighted by atomic mass is 16.5. The molecule has 0 radical (unpaired) electrons. The zero-order valence-corrected chi connectivity index (χ0v) is 14.5. The van der Waals surface area contributed by atoms with Crippen molar-refractivity contribution in [3.8, 4) is 16.9 Å². The Kier molecular flexibility index (Phi) is 3.28. The van der Waals surface area contributed by atoms with Gasteiger partial charge in [-0.2, -0.15) is 0 Å². The summed E-state index contributed by atoms with van der Waals surface area (Å²) in [6.45, 7) is 7.50. The largest absolute Gasteiger partial charge is 0.488 e. The second kappa shape index (κ2) is 5.10. The number of hydrogen-bond acceptors (Lipinski definition) is 2. The molecule has 23 heavy (non-hydrogen) atoms. The van der Waals surface area contributed by atoms with Crippen molar-refractivity contribution in [2.45, 2.75) is 45.3 Å². The standard InChI is InChI=1S/C21H25NO/c1-21(2,3)23-18-10-6-8-15-13-17-19-14(11-12-22(17)4)7-5-9-16(19)20(15)18/h5-10,17H,11-13H2,1-4H3/t17-/m1/s1. The van der Waals surface area contributed by atoms with Crippen LogP contribution in [0.4, 0.5) is 0 Å². The second-order valence-corrected chi connectivity index (χ2v) is 7.83. The van der Waals surface area contributed by atoms with Gasteiger partial charge >= 0.3 is 0 Å². The number of hydrogen-bond donors (Lipinski definition) is 0. The van der Waals surface area contributed by atoms with Crippen LogP contribution in [0, 0.1) is 0 Å². The van der Waals surface area contributed by atoms with Gasteiger partial charge in [-0.1, -0.05) is 30.3 Å². The third kappa shape index (κ3) is 2.46. The maximum absolute atomic E-state index is 6.30. The molecule has 1 atom stereocenters. The van der Waals surface area contributed by atoms with Gasteiger partial charge in [-0.15, -0.1) is 0 Å². The predicted octanol–water partition coefficient (Wildman–Crippen LogP) is 4.62. The lowest BCUT2D eigenvalue weighted by atomic mass is 9.77. The maximum atomic E-state index is 6.30. The number of rotatable bonds is 1. The molecule has 1 aliphatic heterocycles. The molecule has 2 aliphatic rings. The molecule has 2 aromatic carbocycles. The molecule has 2 aromatic rings. The van der Waals surface area contributed by atoms with E-state index in [4.69, 9.17) is 4.74 Å². The Hall–Kier alpha value is -1.80. The van der Waals surface area contributed by atoms with Crippen molar-refractivity contribution in [3.63, 3.8) is 0 Å². The van der Waals surface area contributed by atoms with E-state index in [0.717, 1.165) is 25.1 Å². The molecule has 0 unspecified atom stereocenters. The third-order valence-electron chi connectivity index (χ3n) is 5.01. The van der Waals surface area contributed by atoms with Crippen molar-refractivity contribution in [2.24, 2.45) is 0 Å². The van der Waals surface area contributed by atoms with Gasteiger partial charge < -0.3 is 4.74 Å². The molecule has 0 saturated heterocycles. The van der Waals surface area contributed by atoms with Crippen LogP contribution >= 0.6 is 0 Å². The van der Waals surface area contributed by atoms with Crippen LogP contribution in [0.5, 0.6) is 5.75 Å². The molecule has 0 saturated carbocycles. The number of ether oxygens (including phenoxy) is 1. The number of benzene rings is 2. The van der Waals surface area contributed by atoms with Crippen molar-refractivity contribution >= 4 is 0 Å². The molecule has 1 aliphatic carbocycles. The van der Waals surface area contributed by atoms with Gasteiger partial charge in [-0.25, -0.2) is 0 Å². The van der Waals surface area contributed by atoms with Gasteiger partial charge in [0.05, 0.1) is 0 Å². The lowest BCUT2D eigenvalue weighted by Gasteiger charge is -2.40. The summed E-state index contributed by atoms with van der Waals surface area (Å²) in [4.78, 5) is 2.51. The molecule has 0 aromatic heterocycles. The summed E-state index contributed by atoms with van der Waals surface area (Å²) in [6, 6.07) is 13.8. The van der Waals surface area contributed by atoms with Crippen LogP contribution in [-0.4, -0.2) is 24.1 Å². The summed E-state index contributed by atoms with van der Waals surface area (Å²) in [5.41, 5.74) is 6.96. The Labute approximate surface area is 139 Å². The first-order valence-electron chi connectivity index (χ1n) is 8.57. The van der Waals surface area contributed by atoms with E-state index in [1.54, 1.807) is 0 Å². The predicted molar refractivity (Wildman–Crippen MR) is 95.0 cm³/mol. The van der Waals surface area contributed by atoms with Crippen LogP contribution < -0.4 is 4.74 Å². The molecule has 1 heterocycles. The second-order valence-electron chi connectivity index (χ2n) is 7.83. The van der Waals surface area contributed by atoms with Crippen molar-refractivity contribution in [1.82, 2.24) is 4.90 Å². The molecular formula is C21H25NO.